The van der Waals surface area contributed by atoms with Gasteiger partial charge in [0.25, 0.3) is 0 Å². The van der Waals surface area contributed by atoms with Crippen LogP contribution < -0.4 is 5.43 Å². The van der Waals surface area contributed by atoms with Gasteiger partial charge in [0.15, 0.2) is 5.43 Å². The van der Waals surface area contributed by atoms with Gasteiger partial charge in [0, 0.05) is 17.6 Å². The Balaban J connectivity index is 2.35. The second-order valence-corrected chi connectivity index (χ2v) is 4.21. The molecule has 20 heavy (non-hydrogen) atoms. The fourth-order valence-electron chi connectivity index (χ4n) is 2.07. The second-order valence-electron chi connectivity index (χ2n) is 4.21. The summed E-state index contributed by atoms with van der Waals surface area (Å²) in [5, 5.41) is 1.10. The van der Waals surface area contributed by atoms with Crippen LogP contribution in [0.25, 0.3) is 21.9 Å². The van der Waals surface area contributed by atoms with Crippen LogP contribution in [-0.4, -0.2) is 17.6 Å². The predicted octanol–water partition coefficient (Wildman–Crippen LogP) is 2.52. The molecule has 0 spiro atoms. The van der Waals surface area contributed by atoms with E-state index in [1.54, 1.807) is 37.4 Å². The van der Waals surface area contributed by atoms with E-state index >= 15 is 0 Å². The first kappa shape index (κ1) is 12.3. The second kappa shape index (κ2) is 4.77. The van der Waals surface area contributed by atoms with E-state index in [1.807, 2.05) is 0 Å². The highest BCUT2D eigenvalue weighted by atomic mass is 16.5. The lowest BCUT2D eigenvalue weighted by Crippen LogP contribution is -2.10. The summed E-state index contributed by atoms with van der Waals surface area (Å²) in [6, 6.07) is 8.09. The Labute approximate surface area is 113 Å². The number of aromatic nitrogens is 1. The summed E-state index contributed by atoms with van der Waals surface area (Å²) in [5.41, 5.74) is 0.773. The number of carbonyl (C=O) groups is 1. The van der Waals surface area contributed by atoms with Crippen molar-refractivity contribution in [1.29, 1.82) is 0 Å². The zero-order chi connectivity index (χ0) is 14.1. The number of ether oxygens (including phenoxy) is 1. The molecule has 3 rings (SSSR count). The summed E-state index contributed by atoms with van der Waals surface area (Å²) in [6.45, 7) is 1.91. The molecular weight excluding hydrogens is 258 g/mol. The molecule has 5 heteroatoms. The molecule has 3 aromatic rings. The molecule has 1 aromatic carbocycles. The number of fused-ring (bicyclic) bond motifs is 3. The maximum Gasteiger partial charge on any atom is 0.374 e. The van der Waals surface area contributed by atoms with Crippen LogP contribution in [-0.2, 0) is 4.74 Å². The topological polar surface area (TPSA) is 69.4 Å². The number of nitrogens with zero attached hydrogens (tertiary/aromatic N) is 1. The van der Waals surface area contributed by atoms with Crippen LogP contribution in [0, 0.1) is 0 Å². The zero-order valence-electron chi connectivity index (χ0n) is 10.8. The lowest BCUT2D eigenvalue weighted by molar-refractivity contribution is 0.0491. The Morgan fingerprint density at radius 1 is 1.30 bits per heavy atom. The Morgan fingerprint density at radius 3 is 2.95 bits per heavy atom. The summed E-state index contributed by atoms with van der Waals surface area (Å²) in [7, 11) is 0. The van der Waals surface area contributed by atoms with Gasteiger partial charge >= 0.3 is 5.97 Å². The number of hydrogen-bond acceptors (Lipinski definition) is 5. The normalized spacial score (nSPS) is 10.8. The number of hydrogen-bond donors (Lipinski definition) is 0. The van der Waals surface area contributed by atoms with Crippen molar-refractivity contribution < 1.29 is 13.9 Å². The van der Waals surface area contributed by atoms with Crippen molar-refractivity contribution in [3.8, 4) is 0 Å². The molecule has 0 unspecified atom stereocenters. The summed E-state index contributed by atoms with van der Waals surface area (Å²) in [5.74, 6) is -0.743. The van der Waals surface area contributed by atoms with E-state index in [0.717, 1.165) is 6.07 Å². The molecule has 0 aliphatic rings. The average molecular weight is 269 g/mol. The molecule has 0 atom stereocenters. The summed E-state index contributed by atoms with van der Waals surface area (Å²) in [6.07, 6.45) is 1.65. The average Bonchev–Trinajstić information content (AvgIpc) is 2.47. The molecule has 0 saturated carbocycles. The van der Waals surface area contributed by atoms with Crippen LogP contribution >= 0.6 is 0 Å². The first-order valence-electron chi connectivity index (χ1n) is 6.19. The monoisotopic (exact) mass is 269 g/mol. The van der Waals surface area contributed by atoms with Crippen molar-refractivity contribution in [2.45, 2.75) is 6.92 Å². The van der Waals surface area contributed by atoms with Crippen molar-refractivity contribution >= 4 is 27.8 Å². The molecule has 100 valence electrons. The van der Waals surface area contributed by atoms with Crippen LogP contribution in [0.2, 0.25) is 0 Å². The first-order chi connectivity index (χ1) is 9.70. The van der Waals surface area contributed by atoms with E-state index in [4.69, 9.17) is 9.15 Å². The highest BCUT2D eigenvalue weighted by Crippen LogP contribution is 2.22. The molecular formula is C15H11NO4. The lowest BCUT2D eigenvalue weighted by Gasteiger charge is -2.04. The van der Waals surface area contributed by atoms with Crippen molar-refractivity contribution in [3.05, 3.63) is 52.5 Å². The summed E-state index contributed by atoms with van der Waals surface area (Å²) >= 11 is 0. The SMILES string of the molecule is CCOC(=O)c1cc(=O)c2ccc3ncccc3c2o1. The van der Waals surface area contributed by atoms with Gasteiger partial charge in [-0.1, -0.05) is 0 Å². The number of pyridine rings is 1. The van der Waals surface area contributed by atoms with Gasteiger partial charge in [0.1, 0.15) is 5.58 Å². The Hall–Kier alpha value is -2.69. The Bertz CT molecular complexity index is 867. The third-order valence-corrected chi connectivity index (χ3v) is 2.95. The molecule has 2 aromatic heterocycles. The van der Waals surface area contributed by atoms with Crippen LogP contribution in [0.1, 0.15) is 17.5 Å². The lowest BCUT2D eigenvalue weighted by atomic mass is 10.1. The van der Waals surface area contributed by atoms with Crippen LogP contribution in [0.4, 0.5) is 0 Å². The maximum absolute atomic E-state index is 12.1. The largest absolute Gasteiger partial charge is 0.460 e. The van der Waals surface area contributed by atoms with Crippen molar-refractivity contribution in [1.82, 2.24) is 4.98 Å². The highest BCUT2D eigenvalue weighted by Gasteiger charge is 2.14. The van der Waals surface area contributed by atoms with E-state index in [9.17, 15) is 9.59 Å². The van der Waals surface area contributed by atoms with E-state index in [-0.39, 0.29) is 17.8 Å². The minimum Gasteiger partial charge on any atom is -0.460 e. The number of carbonyl (C=O) groups excluding carboxylic acids is 1. The Kier molecular flexibility index (Phi) is 2.95. The molecule has 0 amide bonds. The van der Waals surface area contributed by atoms with Gasteiger partial charge in [-0.05, 0) is 31.2 Å². The fraction of sp³-hybridized carbons (Fsp3) is 0.133. The first-order valence-corrected chi connectivity index (χ1v) is 6.19. The number of rotatable bonds is 2. The van der Waals surface area contributed by atoms with Crippen molar-refractivity contribution in [2.75, 3.05) is 6.61 Å². The van der Waals surface area contributed by atoms with E-state index in [2.05, 4.69) is 4.98 Å². The van der Waals surface area contributed by atoms with Gasteiger partial charge in [-0.15, -0.1) is 0 Å². The van der Waals surface area contributed by atoms with Gasteiger partial charge in [0.2, 0.25) is 5.76 Å². The van der Waals surface area contributed by atoms with Gasteiger partial charge in [-0.2, -0.15) is 0 Å². The van der Waals surface area contributed by atoms with Crippen molar-refractivity contribution in [2.24, 2.45) is 0 Å². The summed E-state index contributed by atoms with van der Waals surface area (Å²) in [4.78, 5) is 28.0. The molecule has 0 aliphatic carbocycles. The maximum atomic E-state index is 12.1. The van der Waals surface area contributed by atoms with Gasteiger partial charge in [-0.25, -0.2) is 4.79 Å². The van der Waals surface area contributed by atoms with E-state index in [0.29, 0.717) is 21.9 Å². The molecule has 5 nitrogen and oxygen atoms in total. The van der Waals surface area contributed by atoms with Gasteiger partial charge in [0.05, 0.1) is 17.5 Å². The molecule has 2 heterocycles. The minimum atomic E-state index is -0.646. The standard InChI is InChI=1S/C15H11NO4/c1-2-19-15(18)13-8-12(17)10-5-6-11-9(14(10)20-13)4-3-7-16-11/h3-8H,2H2,1H3. The highest BCUT2D eigenvalue weighted by molar-refractivity contribution is 6.03. The van der Waals surface area contributed by atoms with Crippen LogP contribution in [0.3, 0.4) is 0 Å². The predicted molar refractivity (Wildman–Crippen MR) is 73.7 cm³/mol. The zero-order valence-corrected chi connectivity index (χ0v) is 10.8. The molecule has 0 radical (unpaired) electrons. The molecule has 0 saturated heterocycles. The Morgan fingerprint density at radius 2 is 2.15 bits per heavy atom. The molecule has 0 fully saturated rings. The molecule has 0 aliphatic heterocycles. The minimum absolute atomic E-state index is 0.0966. The van der Waals surface area contributed by atoms with Gasteiger partial charge in [-0.3, -0.25) is 9.78 Å². The molecule has 0 bridgehead atoms. The van der Waals surface area contributed by atoms with E-state index in [1.165, 1.54) is 0 Å². The van der Waals surface area contributed by atoms with E-state index < -0.39 is 5.97 Å². The molecule has 0 N–H and O–H groups in total. The number of esters is 1. The third-order valence-electron chi connectivity index (χ3n) is 2.95. The quantitative estimate of drug-likeness (QED) is 0.528. The third kappa shape index (κ3) is 1.93. The van der Waals surface area contributed by atoms with Gasteiger partial charge < -0.3 is 9.15 Å². The summed E-state index contributed by atoms with van der Waals surface area (Å²) < 4.78 is 10.4. The number of benzene rings is 1. The van der Waals surface area contributed by atoms with Crippen LogP contribution in [0.5, 0.6) is 0 Å². The smallest absolute Gasteiger partial charge is 0.374 e. The van der Waals surface area contributed by atoms with Crippen molar-refractivity contribution in [3.63, 3.8) is 0 Å². The van der Waals surface area contributed by atoms with Crippen LogP contribution in [0.15, 0.2) is 45.7 Å². The fourth-order valence-corrected chi connectivity index (χ4v) is 2.07.